The van der Waals surface area contributed by atoms with Crippen molar-refractivity contribution in [2.75, 3.05) is 19.3 Å². The van der Waals surface area contributed by atoms with Crippen molar-refractivity contribution >= 4 is 15.9 Å². The van der Waals surface area contributed by atoms with E-state index in [4.69, 9.17) is 0 Å². The molecule has 1 amide bonds. The first-order chi connectivity index (χ1) is 10.8. The van der Waals surface area contributed by atoms with Crippen molar-refractivity contribution in [1.82, 2.24) is 24.0 Å². The largest absolute Gasteiger partial charge is 0.347 e. The number of nitrogens with zero attached hydrogens (tertiary/aromatic N) is 4. The molecule has 0 aliphatic carbocycles. The summed E-state index contributed by atoms with van der Waals surface area (Å²) in [5.74, 6) is -0.0747. The Balaban J connectivity index is 1.83. The zero-order valence-electron chi connectivity index (χ0n) is 13.0. The number of aryl methyl sites for hydroxylation is 1. The summed E-state index contributed by atoms with van der Waals surface area (Å²) in [4.78, 5) is 14.4. The predicted octanol–water partition coefficient (Wildman–Crippen LogP) is -0.0321. The molecule has 0 fully saturated rings. The van der Waals surface area contributed by atoms with Crippen LogP contribution in [0.5, 0.6) is 0 Å². The van der Waals surface area contributed by atoms with Crippen molar-refractivity contribution in [3.05, 3.63) is 42.0 Å². The number of carbonyl (C=O) groups is 1. The average Bonchev–Trinajstić information content (AvgIpc) is 3.11. The van der Waals surface area contributed by atoms with Crippen LogP contribution in [-0.4, -0.2) is 52.9 Å². The third kappa shape index (κ3) is 3.30. The second-order valence-electron chi connectivity index (χ2n) is 5.73. The van der Waals surface area contributed by atoms with E-state index in [-0.39, 0.29) is 18.5 Å². The number of aromatic nitrogens is 3. The van der Waals surface area contributed by atoms with E-state index in [1.54, 1.807) is 26.4 Å². The molecule has 9 heteroatoms. The van der Waals surface area contributed by atoms with Crippen LogP contribution in [0.25, 0.3) is 0 Å². The molecular weight excluding hydrogens is 318 g/mol. The molecule has 0 radical (unpaired) electrons. The quantitative estimate of drug-likeness (QED) is 0.848. The minimum Gasteiger partial charge on any atom is -0.347 e. The lowest BCUT2D eigenvalue weighted by molar-refractivity contribution is 0.0662. The zero-order chi connectivity index (χ0) is 16.6. The van der Waals surface area contributed by atoms with Crippen molar-refractivity contribution in [3.63, 3.8) is 0 Å². The van der Waals surface area contributed by atoms with Crippen LogP contribution in [0.3, 0.4) is 0 Å². The van der Waals surface area contributed by atoms with Gasteiger partial charge >= 0.3 is 0 Å². The number of amides is 1. The Kier molecular flexibility index (Phi) is 3.99. The maximum absolute atomic E-state index is 12.7. The van der Waals surface area contributed by atoms with Gasteiger partial charge in [-0.2, -0.15) is 5.10 Å². The van der Waals surface area contributed by atoms with Gasteiger partial charge in [-0.1, -0.05) is 0 Å². The highest BCUT2D eigenvalue weighted by Gasteiger charge is 2.30. The van der Waals surface area contributed by atoms with Crippen LogP contribution in [0.1, 0.15) is 22.2 Å². The van der Waals surface area contributed by atoms with Crippen LogP contribution in [0.4, 0.5) is 0 Å². The Morgan fingerprint density at radius 2 is 2.22 bits per heavy atom. The second-order valence-corrected chi connectivity index (χ2v) is 7.56. The lowest BCUT2D eigenvalue weighted by atomic mass is 10.2. The SMILES string of the molecule is Cn1cccc1C(=O)N1Cc2ccnn2[C@H](CNS(C)(=O)=O)C1. The summed E-state index contributed by atoms with van der Waals surface area (Å²) in [6, 6.07) is 5.22. The van der Waals surface area contributed by atoms with Crippen molar-refractivity contribution < 1.29 is 13.2 Å². The molecule has 0 saturated carbocycles. The van der Waals surface area contributed by atoms with E-state index in [0.29, 0.717) is 18.8 Å². The Bertz CT molecular complexity index is 823. The molecule has 0 aromatic carbocycles. The summed E-state index contributed by atoms with van der Waals surface area (Å²) in [6.07, 6.45) is 4.61. The van der Waals surface area contributed by atoms with Gasteiger partial charge in [0.1, 0.15) is 5.69 Å². The summed E-state index contributed by atoms with van der Waals surface area (Å²) < 4.78 is 28.7. The fourth-order valence-electron chi connectivity index (χ4n) is 2.79. The van der Waals surface area contributed by atoms with E-state index >= 15 is 0 Å². The highest BCUT2D eigenvalue weighted by molar-refractivity contribution is 7.88. The smallest absolute Gasteiger partial charge is 0.270 e. The van der Waals surface area contributed by atoms with Gasteiger partial charge in [-0.15, -0.1) is 0 Å². The number of fused-ring (bicyclic) bond motifs is 1. The van der Waals surface area contributed by atoms with E-state index in [9.17, 15) is 13.2 Å². The summed E-state index contributed by atoms with van der Waals surface area (Å²) in [7, 11) is -1.47. The number of rotatable bonds is 4. The van der Waals surface area contributed by atoms with Crippen LogP contribution in [-0.2, 0) is 23.6 Å². The molecule has 0 spiro atoms. The third-order valence-electron chi connectivity index (χ3n) is 3.91. The summed E-state index contributed by atoms with van der Waals surface area (Å²) in [5.41, 5.74) is 1.49. The molecule has 1 N–H and O–H groups in total. The molecule has 1 atom stereocenters. The molecule has 0 bridgehead atoms. The second kappa shape index (κ2) is 5.82. The molecule has 3 heterocycles. The van der Waals surface area contributed by atoms with E-state index in [0.717, 1.165) is 11.9 Å². The van der Waals surface area contributed by atoms with E-state index in [2.05, 4.69) is 9.82 Å². The van der Waals surface area contributed by atoms with Gasteiger partial charge in [0, 0.05) is 32.5 Å². The minimum absolute atomic E-state index is 0.0747. The van der Waals surface area contributed by atoms with Gasteiger partial charge < -0.3 is 9.47 Å². The number of carbonyl (C=O) groups excluding carboxylic acids is 1. The monoisotopic (exact) mass is 337 g/mol. The zero-order valence-corrected chi connectivity index (χ0v) is 13.8. The molecule has 3 rings (SSSR count). The van der Waals surface area contributed by atoms with Gasteiger partial charge in [0.2, 0.25) is 10.0 Å². The first kappa shape index (κ1) is 15.8. The first-order valence-corrected chi connectivity index (χ1v) is 9.12. The van der Waals surface area contributed by atoms with Crippen LogP contribution in [0.15, 0.2) is 30.6 Å². The fraction of sp³-hybridized carbons (Fsp3) is 0.429. The highest BCUT2D eigenvalue weighted by atomic mass is 32.2. The standard InChI is InChI=1S/C14H19N5O3S/c1-17-7-3-4-13(17)14(20)18-9-11-5-6-15-19(11)12(10-18)8-16-23(2,21)22/h3-7,12,16H,8-10H2,1-2H3/t12-/m1/s1. The maximum Gasteiger partial charge on any atom is 0.270 e. The van der Waals surface area contributed by atoms with Crippen molar-refractivity contribution in [2.45, 2.75) is 12.6 Å². The number of sulfonamides is 1. The number of hydrogen-bond donors (Lipinski definition) is 1. The third-order valence-corrected chi connectivity index (χ3v) is 4.60. The Labute approximate surface area is 134 Å². The highest BCUT2D eigenvalue weighted by Crippen LogP contribution is 2.21. The normalized spacial score (nSPS) is 18.0. The predicted molar refractivity (Wildman–Crippen MR) is 84.3 cm³/mol. The van der Waals surface area contributed by atoms with E-state index in [1.807, 2.05) is 25.4 Å². The topological polar surface area (TPSA) is 89.2 Å². The molecule has 8 nitrogen and oxygen atoms in total. The van der Waals surface area contributed by atoms with Crippen LogP contribution < -0.4 is 4.72 Å². The fourth-order valence-corrected chi connectivity index (χ4v) is 3.28. The minimum atomic E-state index is -3.30. The van der Waals surface area contributed by atoms with Gasteiger partial charge in [-0.25, -0.2) is 13.1 Å². The Morgan fingerprint density at radius 1 is 1.43 bits per heavy atom. The molecule has 2 aromatic rings. The molecule has 124 valence electrons. The molecule has 0 saturated heterocycles. The Hall–Kier alpha value is -2.13. The molecular formula is C14H19N5O3S. The lowest BCUT2D eigenvalue weighted by Gasteiger charge is -2.34. The summed E-state index contributed by atoms with van der Waals surface area (Å²) in [6.45, 7) is 1.06. The number of hydrogen-bond acceptors (Lipinski definition) is 4. The number of nitrogens with one attached hydrogen (secondary N) is 1. The van der Waals surface area contributed by atoms with Crippen LogP contribution >= 0.6 is 0 Å². The Morgan fingerprint density at radius 3 is 2.87 bits per heavy atom. The van der Waals surface area contributed by atoms with Gasteiger partial charge in [0.25, 0.3) is 5.91 Å². The van der Waals surface area contributed by atoms with Crippen LogP contribution in [0, 0.1) is 0 Å². The summed E-state index contributed by atoms with van der Waals surface area (Å²) >= 11 is 0. The van der Waals surface area contributed by atoms with Crippen molar-refractivity contribution in [1.29, 1.82) is 0 Å². The van der Waals surface area contributed by atoms with Crippen molar-refractivity contribution in [2.24, 2.45) is 7.05 Å². The molecule has 23 heavy (non-hydrogen) atoms. The van der Waals surface area contributed by atoms with Crippen LogP contribution in [0.2, 0.25) is 0 Å². The molecule has 2 aromatic heterocycles. The first-order valence-electron chi connectivity index (χ1n) is 7.23. The summed E-state index contributed by atoms with van der Waals surface area (Å²) in [5, 5.41) is 4.25. The molecule has 1 aliphatic rings. The average molecular weight is 337 g/mol. The van der Waals surface area contributed by atoms with Gasteiger partial charge in [0.05, 0.1) is 24.5 Å². The van der Waals surface area contributed by atoms with Gasteiger partial charge in [-0.3, -0.25) is 9.48 Å². The molecule has 1 aliphatic heterocycles. The van der Waals surface area contributed by atoms with E-state index < -0.39 is 10.0 Å². The lowest BCUT2D eigenvalue weighted by Crippen LogP contribution is -2.45. The van der Waals surface area contributed by atoms with Crippen molar-refractivity contribution in [3.8, 4) is 0 Å². The molecule has 0 unspecified atom stereocenters. The van der Waals surface area contributed by atoms with Gasteiger partial charge in [0.15, 0.2) is 0 Å². The van der Waals surface area contributed by atoms with Gasteiger partial charge in [-0.05, 0) is 18.2 Å². The maximum atomic E-state index is 12.7. The van der Waals surface area contributed by atoms with E-state index in [1.165, 1.54) is 0 Å².